The van der Waals surface area contributed by atoms with E-state index < -0.39 is 0 Å². The first-order valence-corrected chi connectivity index (χ1v) is 7.51. The highest BCUT2D eigenvalue weighted by molar-refractivity contribution is 5.91. The molecule has 2 rings (SSSR count). The van der Waals surface area contributed by atoms with Gasteiger partial charge in [-0.15, -0.1) is 0 Å². The molecule has 0 bridgehead atoms. The molecule has 0 spiro atoms. The molecule has 20 heavy (non-hydrogen) atoms. The van der Waals surface area contributed by atoms with Crippen molar-refractivity contribution in [2.75, 3.05) is 6.54 Å². The summed E-state index contributed by atoms with van der Waals surface area (Å²) in [6.45, 7) is 14.1. The molecule has 2 aromatic rings. The highest BCUT2D eigenvalue weighted by atomic mass is 15.2. The van der Waals surface area contributed by atoms with Crippen LogP contribution in [0.1, 0.15) is 38.8 Å². The molecule has 0 aliphatic rings. The van der Waals surface area contributed by atoms with Gasteiger partial charge < -0.3 is 4.98 Å². The fourth-order valence-corrected chi connectivity index (χ4v) is 3.02. The Bertz CT molecular complexity index is 570. The van der Waals surface area contributed by atoms with Crippen LogP contribution in [0.15, 0.2) is 31.0 Å². The van der Waals surface area contributed by atoms with E-state index in [0.29, 0.717) is 12.1 Å². The van der Waals surface area contributed by atoms with E-state index in [-0.39, 0.29) is 0 Å². The molecule has 0 fully saturated rings. The van der Waals surface area contributed by atoms with Gasteiger partial charge in [0.1, 0.15) is 0 Å². The van der Waals surface area contributed by atoms with Gasteiger partial charge in [0.05, 0.1) is 0 Å². The third-order valence-corrected chi connectivity index (χ3v) is 4.01. The molecule has 0 unspecified atom stereocenters. The van der Waals surface area contributed by atoms with Crippen molar-refractivity contribution < 1.29 is 0 Å². The molecule has 0 amide bonds. The van der Waals surface area contributed by atoms with Gasteiger partial charge in [-0.2, -0.15) is 0 Å². The minimum absolute atomic E-state index is 0.582. The number of benzene rings is 1. The van der Waals surface area contributed by atoms with Gasteiger partial charge in [-0.3, -0.25) is 4.90 Å². The molecule has 1 heterocycles. The van der Waals surface area contributed by atoms with Crippen LogP contribution in [0.5, 0.6) is 0 Å². The molecule has 1 N–H and O–H groups in total. The molecule has 1 aromatic carbocycles. The summed E-state index contributed by atoms with van der Waals surface area (Å²) >= 11 is 0. The van der Waals surface area contributed by atoms with Crippen molar-refractivity contribution in [3.63, 3.8) is 0 Å². The van der Waals surface area contributed by atoms with Crippen LogP contribution >= 0.6 is 0 Å². The average Bonchev–Trinajstić information content (AvgIpc) is 2.81. The number of hydrogen-bond donors (Lipinski definition) is 1. The van der Waals surface area contributed by atoms with Crippen LogP contribution < -0.4 is 0 Å². The Morgan fingerprint density at radius 2 is 1.90 bits per heavy atom. The summed E-state index contributed by atoms with van der Waals surface area (Å²) in [5.74, 6) is 0. The average molecular weight is 270 g/mol. The maximum Gasteiger partial charge on any atom is 0.0462 e. The van der Waals surface area contributed by atoms with E-state index in [1.165, 1.54) is 22.0 Å². The van der Waals surface area contributed by atoms with Crippen molar-refractivity contribution in [1.82, 2.24) is 9.88 Å². The first-order chi connectivity index (χ1) is 9.54. The molecule has 1 aromatic heterocycles. The van der Waals surface area contributed by atoms with Gasteiger partial charge in [0, 0.05) is 35.7 Å². The molecule has 2 heteroatoms. The lowest BCUT2D eigenvalue weighted by Crippen LogP contribution is -2.38. The molecular formula is C18H26N2. The van der Waals surface area contributed by atoms with Crippen molar-refractivity contribution in [1.29, 1.82) is 0 Å². The van der Waals surface area contributed by atoms with Crippen molar-refractivity contribution in [3.8, 4) is 0 Å². The van der Waals surface area contributed by atoms with E-state index in [0.717, 1.165) is 13.0 Å². The first-order valence-electron chi connectivity index (χ1n) is 7.51. The minimum Gasteiger partial charge on any atom is -0.361 e. The Hall–Kier alpha value is -1.54. The highest BCUT2D eigenvalue weighted by Gasteiger charge is 2.14. The number of aromatic amines is 1. The largest absolute Gasteiger partial charge is 0.361 e. The van der Waals surface area contributed by atoms with Gasteiger partial charge in [-0.1, -0.05) is 24.8 Å². The van der Waals surface area contributed by atoms with Gasteiger partial charge >= 0.3 is 0 Å². The van der Waals surface area contributed by atoms with Crippen LogP contribution in [0.4, 0.5) is 0 Å². The molecule has 2 nitrogen and oxygen atoms in total. The Kier molecular flexibility index (Phi) is 4.66. The summed E-state index contributed by atoms with van der Waals surface area (Å²) in [5, 5.41) is 1.33. The smallest absolute Gasteiger partial charge is 0.0462 e. The topological polar surface area (TPSA) is 19.0 Å². The zero-order valence-corrected chi connectivity index (χ0v) is 13.1. The van der Waals surface area contributed by atoms with Crippen molar-refractivity contribution >= 4 is 17.0 Å². The van der Waals surface area contributed by atoms with E-state index in [1.807, 2.05) is 6.08 Å². The maximum atomic E-state index is 3.93. The quantitative estimate of drug-likeness (QED) is 0.820. The van der Waals surface area contributed by atoms with Crippen LogP contribution in [0, 0.1) is 0 Å². The Morgan fingerprint density at radius 1 is 1.20 bits per heavy atom. The van der Waals surface area contributed by atoms with E-state index in [2.05, 4.69) is 68.6 Å². The van der Waals surface area contributed by atoms with Crippen LogP contribution in [0.25, 0.3) is 17.0 Å². The summed E-state index contributed by atoms with van der Waals surface area (Å²) in [6, 6.07) is 7.51. The number of H-pyrrole nitrogens is 1. The number of fused-ring (bicyclic) bond motifs is 1. The minimum atomic E-state index is 0.582. The number of aromatic nitrogens is 1. The van der Waals surface area contributed by atoms with E-state index in [1.54, 1.807) is 0 Å². The second-order valence-electron chi connectivity index (χ2n) is 5.96. The van der Waals surface area contributed by atoms with E-state index in [9.17, 15) is 0 Å². The molecule has 0 atom stereocenters. The standard InChI is InChI=1S/C18H26N2/c1-6-15-8-7-9-17-18(15)16(12-19-17)10-11-20(13(2)3)14(4)5/h6-9,12-14,19H,1,10-11H2,2-5H3. The van der Waals surface area contributed by atoms with E-state index in [4.69, 9.17) is 0 Å². The molecule has 108 valence electrons. The normalized spacial score (nSPS) is 11.9. The molecule has 0 aliphatic carbocycles. The lowest BCUT2D eigenvalue weighted by molar-refractivity contribution is 0.177. The molecule has 0 saturated carbocycles. The van der Waals surface area contributed by atoms with Crippen molar-refractivity contribution in [2.45, 2.75) is 46.2 Å². The zero-order valence-electron chi connectivity index (χ0n) is 13.1. The predicted octanol–water partition coefficient (Wildman–Crippen LogP) is 4.47. The van der Waals surface area contributed by atoms with Gasteiger partial charge in [0.25, 0.3) is 0 Å². The molecular weight excluding hydrogens is 244 g/mol. The number of hydrogen-bond acceptors (Lipinski definition) is 1. The monoisotopic (exact) mass is 270 g/mol. The van der Waals surface area contributed by atoms with Gasteiger partial charge in [0.2, 0.25) is 0 Å². The van der Waals surface area contributed by atoms with Crippen LogP contribution in [-0.2, 0) is 6.42 Å². The lowest BCUT2D eigenvalue weighted by atomic mass is 10.0. The van der Waals surface area contributed by atoms with Crippen LogP contribution in [0.2, 0.25) is 0 Å². The number of rotatable bonds is 6. The fourth-order valence-electron chi connectivity index (χ4n) is 3.02. The highest BCUT2D eigenvalue weighted by Crippen LogP contribution is 2.24. The number of nitrogens with zero attached hydrogens (tertiary/aromatic N) is 1. The lowest BCUT2D eigenvalue weighted by Gasteiger charge is -2.30. The van der Waals surface area contributed by atoms with Crippen LogP contribution in [0.3, 0.4) is 0 Å². The van der Waals surface area contributed by atoms with Crippen LogP contribution in [-0.4, -0.2) is 28.5 Å². The number of nitrogens with one attached hydrogen (secondary N) is 1. The SMILES string of the molecule is C=Cc1cccc2[nH]cc(CCN(C(C)C)C(C)C)c12. The Morgan fingerprint density at radius 3 is 2.50 bits per heavy atom. The van der Waals surface area contributed by atoms with Crippen molar-refractivity contribution in [3.05, 3.63) is 42.1 Å². The zero-order chi connectivity index (χ0) is 14.7. The summed E-state index contributed by atoms with van der Waals surface area (Å²) < 4.78 is 0. The Labute approximate surface area is 122 Å². The fraction of sp³-hybridized carbons (Fsp3) is 0.444. The summed E-state index contributed by atoms with van der Waals surface area (Å²) in [4.78, 5) is 5.92. The van der Waals surface area contributed by atoms with Crippen molar-refractivity contribution in [2.24, 2.45) is 0 Å². The molecule has 0 aliphatic heterocycles. The predicted molar refractivity (Wildman–Crippen MR) is 89.1 cm³/mol. The third-order valence-electron chi connectivity index (χ3n) is 4.01. The summed E-state index contributed by atoms with van der Waals surface area (Å²) in [6.07, 6.45) is 5.17. The second-order valence-corrected chi connectivity index (χ2v) is 5.96. The molecule has 0 saturated heterocycles. The second kappa shape index (κ2) is 6.27. The first kappa shape index (κ1) is 14.9. The Balaban J connectivity index is 2.24. The van der Waals surface area contributed by atoms with Gasteiger partial charge in [0.15, 0.2) is 0 Å². The summed E-state index contributed by atoms with van der Waals surface area (Å²) in [5.41, 5.74) is 3.82. The van der Waals surface area contributed by atoms with Gasteiger partial charge in [-0.25, -0.2) is 0 Å². The maximum absolute atomic E-state index is 3.93. The third kappa shape index (κ3) is 2.96. The summed E-state index contributed by atoms with van der Waals surface area (Å²) in [7, 11) is 0. The molecule has 0 radical (unpaired) electrons. The van der Waals surface area contributed by atoms with Gasteiger partial charge in [-0.05, 0) is 51.3 Å². The van der Waals surface area contributed by atoms with E-state index >= 15 is 0 Å².